The van der Waals surface area contributed by atoms with Gasteiger partial charge < -0.3 is 20.7 Å². The number of hydrogen-bond acceptors (Lipinski definition) is 9. The second kappa shape index (κ2) is 11.6. The molecule has 0 aromatic heterocycles. The van der Waals surface area contributed by atoms with Crippen LogP contribution in [0.5, 0.6) is 0 Å². The summed E-state index contributed by atoms with van der Waals surface area (Å²) in [4.78, 5) is 62.7. The van der Waals surface area contributed by atoms with E-state index < -0.39 is 62.4 Å². The number of carbonyl (C=O) groups excluding carboxylic acids is 4. The van der Waals surface area contributed by atoms with Gasteiger partial charge in [0.25, 0.3) is 27.5 Å². The highest BCUT2D eigenvalue weighted by Gasteiger charge is 2.61. The minimum absolute atomic E-state index is 0.144. The van der Waals surface area contributed by atoms with Crippen LogP contribution >= 0.6 is 0 Å². The Morgan fingerprint density at radius 3 is 2.52 bits per heavy atom. The van der Waals surface area contributed by atoms with Gasteiger partial charge in [-0.2, -0.15) is 0 Å². The summed E-state index contributed by atoms with van der Waals surface area (Å²) in [7, 11) is -4.41. The molecule has 2 heterocycles. The summed E-state index contributed by atoms with van der Waals surface area (Å²) < 4.78 is 32.9. The normalized spacial score (nSPS) is 28.1. The van der Waals surface area contributed by atoms with Gasteiger partial charge in [-0.1, -0.05) is 18.6 Å². The van der Waals surface area contributed by atoms with Crippen molar-refractivity contribution in [3.05, 3.63) is 46.5 Å². The van der Waals surface area contributed by atoms with Crippen LogP contribution in [0, 0.1) is 16.0 Å². The van der Waals surface area contributed by atoms with Crippen molar-refractivity contribution in [3.63, 3.8) is 0 Å². The molecular formula is C25H31N5O9S. The number of ether oxygens (including phenoxy) is 1. The number of non-ortho nitro benzene ring substituents is 1. The lowest BCUT2D eigenvalue weighted by atomic mass is 10.1. The molecule has 216 valence electrons. The fraction of sp³-hybridized carbons (Fsp3) is 0.520. The average molecular weight is 578 g/mol. The van der Waals surface area contributed by atoms with Gasteiger partial charge in [0.05, 0.1) is 9.82 Å². The molecule has 1 saturated carbocycles. The summed E-state index contributed by atoms with van der Waals surface area (Å²) in [6.45, 7) is 0.243. The van der Waals surface area contributed by atoms with Crippen molar-refractivity contribution >= 4 is 39.5 Å². The van der Waals surface area contributed by atoms with E-state index in [0.29, 0.717) is 25.7 Å². The van der Waals surface area contributed by atoms with Gasteiger partial charge in [-0.3, -0.25) is 24.5 Å². The van der Waals surface area contributed by atoms with Crippen molar-refractivity contribution in [1.82, 2.24) is 14.9 Å². The highest BCUT2D eigenvalue weighted by molar-refractivity contribution is 7.90. The first-order valence-electron chi connectivity index (χ1n) is 13.0. The smallest absolute Gasteiger partial charge is 0.405 e. The van der Waals surface area contributed by atoms with Crippen molar-refractivity contribution in [2.24, 2.45) is 11.7 Å². The topological polar surface area (TPSA) is 208 Å². The number of nitro benzene ring substituents is 1. The van der Waals surface area contributed by atoms with E-state index in [-0.39, 0.29) is 30.0 Å². The minimum atomic E-state index is -4.41. The molecule has 1 aromatic rings. The van der Waals surface area contributed by atoms with Crippen LogP contribution in [0.3, 0.4) is 0 Å². The number of nitro groups is 1. The van der Waals surface area contributed by atoms with Gasteiger partial charge in [0.1, 0.15) is 11.6 Å². The average Bonchev–Trinajstić information content (AvgIpc) is 3.36. The minimum Gasteiger partial charge on any atom is -0.436 e. The van der Waals surface area contributed by atoms with Crippen LogP contribution in [0.4, 0.5) is 10.5 Å². The number of nitrogens with two attached hydrogens (primary N) is 1. The Morgan fingerprint density at radius 1 is 1.12 bits per heavy atom. The molecule has 2 aliphatic heterocycles. The number of hydrogen-bond donors (Lipinski definition) is 3. The van der Waals surface area contributed by atoms with Crippen molar-refractivity contribution in [1.29, 1.82) is 0 Å². The molecule has 14 nitrogen and oxygen atoms in total. The quantitative estimate of drug-likeness (QED) is 0.261. The summed E-state index contributed by atoms with van der Waals surface area (Å²) >= 11 is 0. The van der Waals surface area contributed by atoms with E-state index in [0.717, 1.165) is 37.1 Å². The summed E-state index contributed by atoms with van der Waals surface area (Å²) in [5.41, 5.74) is 3.29. The van der Waals surface area contributed by atoms with Gasteiger partial charge in [0.15, 0.2) is 6.10 Å². The molecule has 4 unspecified atom stereocenters. The molecule has 4 amide bonds. The number of amides is 4. The molecule has 40 heavy (non-hydrogen) atoms. The van der Waals surface area contributed by atoms with Crippen molar-refractivity contribution in [3.8, 4) is 0 Å². The Balaban J connectivity index is 1.58. The lowest BCUT2D eigenvalue weighted by molar-refractivity contribution is -0.384. The summed E-state index contributed by atoms with van der Waals surface area (Å²) in [6, 6.07) is 3.09. The number of primary amides is 1. The largest absolute Gasteiger partial charge is 0.436 e. The van der Waals surface area contributed by atoms with Crippen LogP contribution in [0.25, 0.3) is 0 Å². The van der Waals surface area contributed by atoms with E-state index in [1.165, 1.54) is 4.90 Å². The summed E-state index contributed by atoms with van der Waals surface area (Å²) in [6.07, 6.45) is 5.35. The first-order chi connectivity index (χ1) is 18.9. The van der Waals surface area contributed by atoms with E-state index in [1.54, 1.807) is 6.08 Å². The Kier molecular flexibility index (Phi) is 8.42. The van der Waals surface area contributed by atoms with Crippen LogP contribution in [0.15, 0.2) is 41.3 Å². The summed E-state index contributed by atoms with van der Waals surface area (Å²) in [5, 5.41) is 13.6. The van der Waals surface area contributed by atoms with E-state index in [4.69, 9.17) is 10.5 Å². The number of rotatable bonds is 5. The Labute approximate surface area is 230 Å². The Morgan fingerprint density at radius 2 is 1.85 bits per heavy atom. The van der Waals surface area contributed by atoms with Gasteiger partial charge in [0.2, 0.25) is 5.91 Å². The monoisotopic (exact) mass is 577 g/mol. The Hall–Kier alpha value is -4.01. The first-order valence-corrected chi connectivity index (χ1v) is 14.5. The van der Waals surface area contributed by atoms with Gasteiger partial charge in [-0.15, -0.1) is 0 Å². The van der Waals surface area contributed by atoms with Gasteiger partial charge in [-0.25, -0.2) is 17.9 Å². The predicted molar refractivity (Wildman–Crippen MR) is 139 cm³/mol. The molecule has 1 aliphatic carbocycles. The third-order valence-electron chi connectivity index (χ3n) is 7.43. The van der Waals surface area contributed by atoms with Crippen LogP contribution in [0.2, 0.25) is 0 Å². The van der Waals surface area contributed by atoms with Crippen LogP contribution in [-0.2, 0) is 29.1 Å². The van der Waals surface area contributed by atoms with E-state index in [9.17, 15) is 37.7 Å². The van der Waals surface area contributed by atoms with Gasteiger partial charge >= 0.3 is 6.09 Å². The lowest BCUT2D eigenvalue weighted by Crippen LogP contribution is -2.57. The third kappa shape index (κ3) is 6.24. The predicted octanol–water partition coefficient (Wildman–Crippen LogP) is 1.25. The molecule has 4 atom stereocenters. The van der Waals surface area contributed by atoms with Crippen LogP contribution in [0.1, 0.15) is 51.4 Å². The second-order valence-corrected chi connectivity index (χ2v) is 11.8. The fourth-order valence-electron chi connectivity index (χ4n) is 5.19. The maximum Gasteiger partial charge on any atom is 0.405 e. The number of sulfonamides is 1. The second-order valence-electron chi connectivity index (χ2n) is 10.1. The number of nitrogens with zero attached hydrogens (tertiary/aromatic N) is 2. The van der Waals surface area contributed by atoms with Crippen molar-refractivity contribution < 1.29 is 37.3 Å². The SMILES string of the molecule is NC(=O)OC1CCCCC/C=C\C2CC2(C(=O)NS(=O)(=O)c2ccc([N+](=O)[O-])cc2)NC(=O)C2CCCN2C1=O. The van der Waals surface area contributed by atoms with Crippen molar-refractivity contribution in [2.75, 3.05) is 6.54 Å². The molecule has 4 N–H and O–H groups in total. The molecule has 0 radical (unpaired) electrons. The molecule has 1 saturated heterocycles. The molecular weight excluding hydrogens is 546 g/mol. The number of allylic oxidation sites excluding steroid dienone is 1. The first kappa shape index (κ1) is 29.0. The molecule has 2 fully saturated rings. The van der Waals surface area contributed by atoms with E-state index >= 15 is 0 Å². The third-order valence-corrected chi connectivity index (χ3v) is 8.78. The lowest BCUT2D eigenvalue weighted by Gasteiger charge is -2.29. The zero-order valence-corrected chi connectivity index (χ0v) is 22.4. The zero-order chi connectivity index (χ0) is 29.1. The fourth-order valence-corrected chi connectivity index (χ4v) is 6.23. The van der Waals surface area contributed by atoms with Gasteiger partial charge in [-0.05, 0) is 57.1 Å². The molecule has 0 spiro atoms. The van der Waals surface area contributed by atoms with Crippen LogP contribution < -0.4 is 15.8 Å². The number of fused-ring (bicyclic) bond motifs is 2. The highest BCUT2D eigenvalue weighted by Crippen LogP contribution is 2.45. The molecule has 0 bridgehead atoms. The van der Waals surface area contributed by atoms with E-state index in [2.05, 4.69) is 5.32 Å². The van der Waals surface area contributed by atoms with Crippen LogP contribution in [-0.4, -0.2) is 66.3 Å². The molecule has 4 rings (SSSR count). The zero-order valence-electron chi connectivity index (χ0n) is 21.6. The maximum atomic E-state index is 13.4. The molecule has 1 aromatic carbocycles. The number of nitrogens with one attached hydrogen (secondary N) is 2. The van der Waals surface area contributed by atoms with E-state index in [1.807, 2.05) is 10.8 Å². The number of carbonyl (C=O) groups is 4. The highest BCUT2D eigenvalue weighted by atomic mass is 32.2. The maximum absolute atomic E-state index is 13.4. The number of benzene rings is 1. The van der Waals surface area contributed by atoms with Gasteiger partial charge in [0, 0.05) is 24.6 Å². The molecule has 3 aliphatic rings. The Bertz CT molecular complexity index is 1330. The van der Waals surface area contributed by atoms with Crippen molar-refractivity contribution in [2.45, 2.75) is 73.9 Å². The molecule has 15 heteroatoms. The standard InChI is InChI=1S/C25H31N5O9S/c26-24(34)39-20-9-5-3-1-2-4-7-16-15-25(16,27-21(31)19-8-6-14-29(19)22(20)32)23(33)28-40(37,38)18-12-10-17(11-13-18)30(35)36/h4,7,10-13,16,19-20H,1-3,5-6,8-9,14-15H2,(H2,26,34)(H,27,31)(H,28,33)/b7-4-. The summed E-state index contributed by atoms with van der Waals surface area (Å²) in [5.74, 6) is -2.61.